The molecule has 0 aliphatic rings. The topological polar surface area (TPSA) is 78.9 Å². The lowest BCUT2D eigenvalue weighted by Gasteiger charge is -2.18. The van der Waals surface area contributed by atoms with Crippen LogP contribution in [0.15, 0.2) is 48.6 Å². The second kappa shape index (κ2) is 62.9. The maximum absolute atomic E-state index is 12.8. The number of carbonyl (C=O) groups excluding carboxylic acids is 3. The van der Waals surface area contributed by atoms with Crippen LogP contribution in [0, 0.1) is 0 Å². The van der Waals surface area contributed by atoms with Crippen molar-refractivity contribution in [3.05, 3.63) is 48.6 Å². The number of hydrogen-bond donors (Lipinski definition) is 0. The van der Waals surface area contributed by atoms with E-state index in [9.17, 15) is 14.4 Å². The minimum Gasteiger partial charge on any atom is -0.462 e. The lowest BCUT2D eigenvalue weighted by Crippen LogP contribution is -2.30. The van der Waals surface area contributed by atoms with Crippen molar-refractivity contribution in [2.24, 2.45) is 0 Å². The fraction of sp³-hybridized carbons (Fsp3) is 0.838. The molecule has 74 heavy (non-hydrogen) atoms. The number of ether oxygens (including phenoxy) is 3. The minimum atomic E-state index is -0.772. The molecule has 0 aromatic rings. The zero-order chi connectivity index (χ0) is 53.6. The van der Waals surface area contributed by atoms with Crippen molar-refractivity contribution in [2.45, 2.75) is 354 Å². The Morgan fingerprint density at radius 2 is 0.486 bits per heavy atom. The summed E-state index contributed by atoms with van der Waals surface area (Å²) < 4.78 is 16.9. The van der Waals surface area contributed by atoms with Crippen molar-refractivity contribution >= 4 is 17.9 Å². The number of carbonyl (C=O) groups is 3. The van der Waals surface area contributed by atoms with E-state index in [1.165, 1.54) is 231 Å². The van der Waals surface area contributed by atoms with Crippen LogP contribution in [0.4, 0.5) is 0 Å². The van der Waals surface area contributed by atoms with E-state index in [1.54, 1.807) is 0 Å². The zero-order valence-electron chi connectivity index (χ0n) is 49.6. The van der Waals surface area contributed by atoms with E-state index in [1.807, 2.05) is 0 Å². The molecule has 0 amide bonds. The number of esters is 3. The highest BCUT2D eigenvalue weighted by Crippen LogP contribution is 2.17. The molecule has 0 N–H and O–H groups in total. The second-order valence-corrected chi connectivity index (χ2v) is 22.0. The highest BCUT2D eigenvalue weighted by molar-refractivity contribution is 5.71. The fourth-order valence-electron chi connectivity index (χ4n) is 9.62. The molecule has 432 valence electrons. The summed E-state index contributed by atoms with van der Waals surface area (Å²) in [6, 6.07) is 0. The number of unbranched alkanes of at least 4 members (excludes halogenated alkanes) is 41. The maximum atomic E-state index is 12.8. The lowest BCUT2D eigenvalue weighted by atomic mass is 10.0. The molecule has 1 atom stereocenters. The normalized spacial score (nSPS) is 12.3. The Labute approximate surface area is 460 Å². The van der Waals surface area contributed by atoms with Gasteiger partial charge in [0, 0.05) is 19.3 Å². The lowest BCUT2D eigenvalue weighted by molar-refractivity contribution is -0.167. The van der Waals surface area contributed by atoms with Gasteiger partial charge in [-0.25, -0.2) is 0 Å². The molecule has 0 bridgehead atoms. The van der Waals surface area contributed by atoms with Crippen LogP contribution in [0.25, 0.3) is 0 Å². The Balaban J connectivity index is 4.03. The molecular weight excluding hydrogens is 913 g/mol. The number of allylic oxidation sites excluding steroid dienone is 8. The summed E-state index contributed by atoms with van der Waals surface area (Å²) in [5.74, 6) is -0.864. The van der Waals surface area contributed by atoms with Crippen molar-refractivity contribution in [1.82, 2.24) is 0 Å². The minimum absolute atomic E-state index is 0.0716. The first kappa shape index (κ1) is 71.4. The molecule has 0 saturated heterocycles. The molecule has 0 aliphatic heterocycles. The summed E-state index contributed by atoms with van der Waals surface area (Å²) in [5, 5.41) is 0. The van der Waals surface area contributed by atoms with E-state index in [0.717, 1.165) is 77.0 Å². The average molecular weight is 1040 g/mol. The first-order valence-electron chi connectivity index (χ1n) is 32.6. The molecule has 0 fully saturated rings. The molecule has 1 unspecified atom stereocenters. The summed E-state index contributed by atoms with van der Waals surface area (Å²) in [4.78, 5) is 38.1. The molecule has 0 rings (SSSR count). The van der Waals surface area contributed by atoms with Gasteiger partial charge < -0.3 is 14.2 Å². The van der Waals surface area contributed by atoms with Crippen molar-refractivity contribution in [1.29, 1.82) is 0 Å². The third kappa shape index (κ3) is 60.2. The summed E-state index contributed by atoms with van der Waals surface area (Å²) >= 11 is 0. The summed E-state index contributed by atoms with van der Waals surface area (Å²) in [6.45, 7) is 6.63. The van der Waals surface area contributed by atoms with E-state index in [-0.39, 0.29) is 31.1 Å². The van der Waals surface area contributed by atoms with Gasteiger partial charge in [0.2, 0.25) is 0 Å². The van der Waals surface area contributed by atoms with E-state index in [4.69, 9.17) is 14.2 Å². The Hall–Kier alpha value is -2.63. The first-order valence-corrected chi connectivity index (χ1v) is 32.6. The molecule has 0 spiro atoms. The van der Waals surface area contributed by atoms with Crippen LogP contribution in [0.1, 0.15) is 348 Å². The average Bonchev–Trinajstić information content (AvgIpc) is 3.40. The Kier molecular flexibility index (Phi) is 60.7. The number of hydrogen-bond acceptors (Lipinski definition) is 6. The van der Waals surface area contributed by atoms with Gasteiger partial charge in [-0.3, -0.25) is 14.4 Å². The van der Waals surface area contributed by atoms with Crippen LogP contribution in [-0.2, 0) is 28.6 Å². The van der Waals surface area contributed by atoms with Crippen LogP contribution in [-0.4, -0.2) is 37.2 Å². The molecule has 0 aliphatic carbocycles. The van der Waals surface area contributed by atoms with Gasteiger partial charge in [0.1, 0.15) is 13.2 Å². The molecule has 0 aromatic carbocycles. The van der Waals surface area contributed by atoms with Crippen LogP contribution < -0.4 is 0 Å². The second-order valence-electron chi connectivity index (χ2n) is 22.0. The van der Waals surface area contributed by atoms with Gasteiger partial charge in [0.15, 0.2) is 6.10 Å². The Morgan fingerprint density at radius 1 is 0.270 bits per heavy atom. The molecule has 0 saturated carbocycles. The summed E-state index contributed by atoms with van der Waals surface area (Å²) in [5.41, 5.74) is 0. The van der Waals surface area contributed by atoms with E-state index in [0.29, 0.717) is 19.3 Å². The van der Waals surface area contributed by atoms with Crippen molar-refractivity contribution < 1.29 is 28.6 Å². The van der Waals surface area contributed by atoms with Gasteiger partial charge in [0.25, 0.3) is 0 Å². The summed E-state index contributed by atoms with van der Waals surface area (Å²) in [7, 11) is 0. The highest BCUT2D eigenvalue weighted by atomic mass is 16.6. The van der Waals surface area contributed by atoms with Gasteiger partial charge in [-0.2, -0.15) is 0 Å². The van der Waals surface area contributed by atoms with Crippen molar-refractivity contribution in [2.75, 3.05) is 13.2 Å². The monoisotopic (exact) mass is 1040 g/mol. The third-order valence-corrected chi connectivity index (χ3v) is 14.6. The highest BCUT2D eigenvalue weighted by Gasteiger charge is 2.19. The van der Waals surface area contributed by atoms with Crippen molar-refractivity contribution in [3.8, 4) is 0 Å². The van der Waals surface area contributed by atoms with Crippen LogP contribution >= 0.6 is 0 Å². The third-order valence-electron chi connectivity index (χ3n) is 14.6. The summed E-state index contributed by atoms with van der Waals surface area (Å²) in [6.07, 6.45) is 78.6. The van der Waals surface area contributed by atoms with E-state index < -0.39 is 6.10 Å². The Bertz CT molecular complexity index is 1280. The van der Waals surface area contributed by atoms with Crippen molar-refractivity contribution in [3.63, 3.8) is 0 Å². The van der Waals surface area contributed by atoms with Gasteiger partial charge in [-0.05, 0) is 83.5 Å². The van der Waals surface area contributed by atoms with Gasteiger partial charge in [-0.1, -0.05) is 294 Å². The smallest absolute Gasteiger partial charge is 0.306 e. The van der Waals surface area contributed by atoms with Gasteiger partial charge >= 0.3 is 17.9 Å². The Morgan fingerprint density at radius 3 is 0.784 bits per heavy atom. The van der Waals surface area contributed by atoms with E-state index >= 15 is 0 Å². The van der Waals surface area contributed by atoms with Gasteiger partial charge in [0.05, 0.1) is 0 Å². The molecule has 0 aromatic heterocycles. The molecule has 6 nitrogen and oxygen atoms in total. The van der Waals surface area contributed by atoms with Crippen LogP contribution in [0.2, 0.25) is 0 Å². The predicted octanol–water partition coefficient (Wildman–Crippen LogP) is 22.2. The number of rotatable bonds is 60. The van der Waals surface area contributed by atoms with Gasteiger partial charge in [-0.15, -0.1) is 0 Å². The molecular formula is C68H124O6. The largest absolute Gasteiger partial charge is 0.462 e. The van der Waals surface area contributed by atoms with Crippen LogP contribution in [0.3, 0.4) is 0 Å². The molecule has 6 heteroatoms. The zero-order valence-corrected chi connectivity index (χ0v) is 49.6. The molecule has 0 heterocycles. The standard InChI is InChI=1S/C68H124O6/c1-4-7-10-13-16-19-22-24-25-26-27-28-29-30-31-32-33-34-35-36-37-38-39-40-41-42-43-45-46-49-52-55-58-61-67(70)73-64-65(63-72-66(69)60-57-54-51-48-21-18-15-12-9-6-3)74-68(71)62-59-56-53-50-47-44-23-20-17-14-11-8-5-2/h20,22-24,26-27,29-30,65H,4-19,21,25,28,31-64H2,1-3H3/b23-20-,24-22-,27-26-,30-29-. The molecule has 0 radical (unpaired) electrons. The maximum Gasteiger partial charge on any atom is 0.306 e. The quantitative estimate of drug-likeness (QED) is 0.0261. The predicted molar refractivity (Wildman–Crippen MR) is 321 cm³/mol. The van der Waals surface area contributed by atoms with Crippen LogP contribution in [0.5, 0.6) is 0 Å². The first-order chi connectivity index (χ1) is 36.5. The van der Waals surface area contributed by atoms with E-state index in [2.05, 4.69) is 69.4 Å². The fourth-order valence-corrected chi connectivity index (χ4v) is 9.62. The SMILES string of the molecule is CCCCCC/C=C\CCCCCCCC(=O)OC(COC(=O)CCCCCCCCCCCC)COC(=O)CCCCCCCCCCCCCCCCCCCC/C=C\C/C=C\C/C=C\CCCCCCC.